The second-order valence-electron chi connectivity index (χ2n) is 7.38. The number of carbonyl (C=O) groups is 1. The van der Waals surface area contributed by atoms with E-state index in [4.69, 9.17) is 0 Å². The number of amides is 2. The Labute approximate surface area is 123 Å². The van der Waals surface area contributed by atoms with Gasteiger partial charge in [-0.15, -0.1) is 0 Å². The van der Waals surface area contributed by atoms with Crippen LogP contribution in [0.2, 0.25) is 0 Å². The van der Waals surface area contributed by atoms with Crippen LogP contribution in [-0.2, 0) is 0 Å². The quantitative estimate of drug-likeness (QED) is 0.776. The molecule has 4 nitrogen and oxygen atoms in total. The van der Waals surface area contributed by atoms with E-state index in [1.807, 2.05) is 0 Å². The summed E-state index contributed by atoms with van der Waals surface area (Å²) < 4.78 is 0. The van der Waals surface area contributed by atoms with E-state index in [9.17, 15) is 4.79 Å². The summed E-state index contributed by atoms with van der Waals surface area (Å²) in [5.41, 5.74) is -0.151. The first-order valence-electron chi connectivity index (χ1n) is 8.27. The van der Waals surface area contributed by atoms with Crippen LogP contribution in [0.1, 0.15) is 59.3 Å². The molecule has 2 fully saturated rings. The Balaban J connectivity index is 2.05. The van der Waals surface area contributed by atoms with Crippen molar-refractivity contribution in [3.05, 3.63) is 0 Å². The molecule has 2 aliphatic rings. The summed E-state index contributed by atoms with van der Waals surface area (Å²) in [6, 6.07) is 0.588. The topological polar surface area (TPSA) is 44.4 Å². The third kappa shape index (κ3) is 4.37. The summed E-state index contributed by atoms with van der Waals surface area (Å²) in [5.74, 6) is 0.681. The zero-order valence-electron chi connectivity index (χ0n) is 13.4. The van der Waals surface area contributed by atoms with E-state index in [2.05, 4.69) is 36.3 Å². The molecular formula is C16H31N3O. The van der Waals surface area contributed by atoms with E-state index < -0.39 is 0 Å². The van der Waals surface area contributed by atoms with Crippen LogP contribution in [0.3, 0.4) is 0 Å². The summed E-state index contributed by atoms with van der Waals surface area (Å²) in [5, 5.41) is 6.59. The van der Waals surface area contributed by atoms with Gasteiger partial charge in [0.25, 0.3) is 0 Å². The van der Waals surface area contributed by atoms with Gasteiger partial charge in [0.2, 0.25) is 0 Å². The molecule has 0 aromatic heterocycles. The lowest BCUT2D eigenvalue weighted by Crippen LogP contribution is -2.54. The molecule has 4 heteroatoms. The first-order chi connectivity index (χ1) is 9.47. The van der Waals surface area contributed by atoms with Gasteiger partial charge in [-0.3, -0.25) is 0 Å². The van der Waals surface area contributed by atoms with Gasteiger partial charge in [-0.05, 0) is 65.5 Å². The van der Waals surface area contributed by atoms with Crippen molar-refractivity contribution < 1.29 is 4.79 Å². The third-order valence-corrected chi connectivity index (χ3v) is 4.47. The van der Waals surface area contributed by atoms with E-state index >= 15 is 0 Å². The largest absolute Gasteiger partial charge is 0.333 e. The van der Waals surface area contributed by atoms with E-state index in [1.165, 1.54) is 32.1 Å². The van der Waals surface area contributed by atoms with Gasteiger partial charge in [-0.2, -0.15) is 0 Å². The first-order valence-corrected chi connectivity index (χ1v) is 8.27. The van der Waals surface area contributed by atoms with Gasteiger partial charge in [0.1, 0.15) is 0 Å². The summed E-state index contributed by atoms with van der Waals surface area (Å²) in [7, 11) is 0. The number of likely N-dealkylation sites (tertiary alicyclic amines) is 1. The van der Waals surface area contributed by atoms with Crippen molar-refractivity contribution in [2.45, 2.75) is 70.9 Å². The van der Waals surface area contributed by atoms with Gasteiger partial charge >= 0.3 is 6.03 Å². The van der Waals surface area contributed by atoms with Gasteiger partial charge < -0.3 is 15.5 Å². The van der Waals surface area contributed by atoms with Crippen LogP contribution < -0.4 is 10.6 Å². The zero-order valence-corrected chi connectivity index (χ0v) is 13.4. The first kappa shape index (κ1) is 15.6. The predicted octanol–water partition coefficient (Wildman–Crippen LogP) is 2.74. The highest BCUT2D eigenvalue weighted by atomic mass is 16.2. The number of rotatable bonds is 1. The van der Waals surface area contributed by atoms with Crippen LogP contribution in [-0.4, -0.2) is 42.1 Å². The Morgan fingerprint density at radius 3 is 2.45 bits per heavy atom. The fraction of sp³-hybridized carbons (Fsp3) is 0.938. The molecule has 1 atom stereocenters. The molecular weight excluding hydrogens is 250 g/mol. The highest BCUT2D eigenvalue weighted by molar-refractivity contribution is 5.75. The molecule has 0 aromatic carbocycles. The van der Waals surface area contributed by atoms with Crippen molar-refractivity contribution >= 4 is 6.03 Å². The second kappa shape index (κ2) is 6.79. The van der Waals surface area contributed by atoms with Crippen LogP contribution in [0.4, 0.5) is 4.79 Å². The standard InChI is InChI=1S/C16H31N3O/c1-16(2,3)18-15(20)19-12-6-4-5-7-14(19)13-8-10-17-11-9-13/h13-14,17H,4-12H2,1-3H3,(H,18,20). The number of carbonyl (C=O) groups excluding carboxylic acids is 1. The molecule has 2 aliphatic heterocycles. The van der Waals surface area contributed by atoms with E-state index in [-0.39, 0.29) is 11.6 Å². The average molecular weight is 281 g/mol. The number of nitrogens with one attached hydrogen (secondary N) is 2. The summed E-state index contributed by atoms with van der Waals surface area (Å²) in [4.78, 5) is 14.8. The molecule has 0 aromatic rings. The highest BCUT2D eigenvalue weighted by Crippen LogP contribution is 2.28. The normalized spacial score (nSPS) is 26.1. The Morgan fingerprint density at radius 1 is 1.10 bits per heavy atom. The van der Waals surface area contributed by atoms with Crippen molar-refractivity contribution in [1.82, 2.24) is 15.5 Å². The lowest BCUT2D eigenvalue weighted by Gasteiger charge is -2.39. The minimum absolute atomic E-state index is 0.142. The van der Waals surface area contributed by atoms with Crippen molar-refractivity contribution in [3.8, 4) is 0 Å². The molecule has 0 radical (unpaired) electrons. The Hall–Kier alpha value is -0.770. The number of piperidine rings is 1. The Bertz CT molecular complexity index is 318. The monoisotopic (exact) mass is 281 g/mol. The zero-order chi connectivity index (χ0) is 14.6. The molecule has 2 amide bonds. The number of hydrogen-bond donors (Lipinski definition) is 2. The maximum Gasteiger partial charge on any atom is 0.318 e. The van der Waals surface area contributed by atoms with Crippen LogP contribution in [0.15, 0.2) is 0 Å². The predicted molar refractivity (Wildman–Crippen MR) is 82.8 cm³/mol. The SMILES string of the molecule is CC(C)(C)NC(=O)N1CCCCCC1C1CCNCC1. The van der Waals surface area contributed by atoms with Crippen LogP contribution >= 0.6 is 0 Å². The number of hydrogen-bond acceptors (Lipinski definition) is 2. The molecule has 116 valence electrons. The lowest BCUT2D eigenvalue weighted by molar-refractivity contribution is 0.128. The maximum absolute atomic E-state index is 12.6. The third-order valence-electron chi connectivity index (χ3n) is 4.47. The summed E-state index contributed by atoms with van der Waals surface area (Å²) in [6.45, 7) is 9.31. The highest BCUT2D eigenvalue weighted by Gasteiger charge is 2.33. The number of urea groups is 1. The minimum atomic E-state index is -0.151. The van der Waals surface area contributed by atoms with Gasteiger partial charge in [0.05, 0.1) is 0 Å². The molecule has 20 heavy (non-hydrogen) atoms. The fourth-order valence-electron chi connectivity index (χ4n) is 3.50. The molecule has 0 saturated carbocycles. The van der Waals surface area contributed by atoms with Crippen LogP contribution in [0, 0.1) is 5.92 Å². The Kier molecular flexibility index (Phi) is 5.30. The minimum Gasteiger partial charge on any atom is -0.333 e. The van der Waals surface area contributed by atoms with Crippen molar-refractivity contribution in [1.29, 1.82) is 0 Å². The van der Waals surface area contributed by atoms with Crippen molar-refractivity contribution in [2.75, 3.05) is 19.6 Å². The molecule has 0 aliphatic carbocycles. The van der Waals surface area contributed by atoms with Crippen molar-refractivity contribution in [2.24, 2.45) is 5.92 Å². The Morgan fingerprint density at radius 2 is 1.80 bits per heavy atom. The van der Waals surface area contributed by atoms with Gasteiger partial charge in [0, 0.05) is 18.1 Å². The van der Waals surface area contributed by atoms with Crippen LogP contribution in [0.5, 0.6) is 0 Å². The number of nitrogens with zero attached hydrogens (tertiary/aromatic N) is 1. The second-order valence-corrected chi connectivity index (χ2v) is 7.38. The fourth-order valence-corrected chi connectivity index (χ4v) is 3.50. The van der Waals surface area contributed by atoms with E-state index in [0.717, 1.165) is 26.1 Å². The molecule has 2 saturated heterocycles. The molecule has 0 spiro atoms. The maximum atomic E-state index is 12.6. The summed E-state index contributed by atoms with van der Waals surface area (Å²) >= 11 is 0. The molecule has 2 N–H and O–H groups in total. The molecule has 1 unspecified atom stereocenters. The van der Waals surface area contributed by atoms with Crippen LogP contribution in [0.25, 0.3) is 0 Å². The van der Waals surface area contributed by atoms with E-state index in [0.29, 0.717) is 12.0 Å². The van der Waals surface area contributed by atoms with Crippen molar-refractivity contribution in [3.63, 3.8) is 0 Å². The molecule has 2 rings (SSSR count). The molecule has 0 bridgehead atoms. The lowest BCUT2D eigenvalue weighted by atomic mass is 9.87. The smallest absolute Gasteiger partial charge is 0.318 e. The van der Waals surface area contributed by atoms with E-state index in [1.54, 1.807) is 0 Å². The molecule has 2 heterocycles. The summed E-state index contributed by atoms with van der Waals surface area (Å²) in [6.07, 6.45) is 7.30. The average Bonchev–Trinajstić information content (AvgIpc) is 2.63. The van der Waals surface area contributed by atoms with Gasteiger partial charge in [-0.25, -0.2) is 4.79 Å². The van der Waals surface area contributed by atoms with Gasteiger partial charge in [0.15, 0.2) is 0 Å². The van der Waals surface area contributed by atoms with Gasteiger partial charge in [-0.1, -0.05) is 12.8 Å².